The number of hydrogen-bond donors (Lipinski definition) is 0. The van der Waals surface area contributed by atoms with E-state index < -0.39 is 7.82 Å². The van der Waals surface area contributed by atoms with Gasteiger partial charge in [-0.2, -0.15) is 5.26 Å². The predicted octanol–water partition coefficient (Wildman–Crippen LogP) is 5.27. The molecule has 0 bridgehead atoms. The van der Waals surface area contributed by atoms with E-state index in [0.717, 1.165) is 27.6 Å². The van der Waals surface area contributed by atoms with E-state index in [1.165, 1.54) is 11.0 Å². The van der Waals surface area contributed by atoms with Gasteiger partial charge in [0.2, 0.25) is 5.91 Å². The molecule has 0 fully saturated rings. The molecule has 0 saturated heterocycles. The number of aromatic nitrogens is 4. The molecule has 43 heavy (non-hydrogen) atoms. The maximum atomic E-state index is 13.0. The quantitative estimate of drug-likeness (QED) is 0.147. The molecule has 4 aromatic rings. The van der Waals surface area contributed by atoms with Gasteiger partial charge >= 0.3 is 7.82 Å². The highest BCUT2D eigenvalue weighted by atomic mass is 31.2. The molecule has 12 nitrogen and oxygen atoms in total. The zero-order valence-electron chi connectivity index (χ0n) is 24.8. The molecule has 13 heteroatoms. The number of carbonyl (C=O) groups is 1. The first-order valence-corrected chi connectivity index (χ1v) is 15.1. The van der Waals surface area contributed by atoms with Gasteiger partial charge in [-0.1, -0.05) is 6.08 Å². The maximum absolute atomic E-state index is 13.0. The Labute approximate surface area is 250 Å². The van der Waals surface area contributed by atoms with Crippen LogP contribution < -0.4 is 4.90 Å². The van der Waals surface area contributed by atoms with Crippen LogP contribution in [-0.4, -0.2) is 71.2 Å². The number of likely N-dealkylation sites (N-methyl/N-ethyl adjacent to an activating group) is 2. The average Bonchev–Trinajstić information content (AvgIpc) is 3.38. The van der Waals surface area contributed by atoms with Gasteiger partial charge in [-0.15, -0.1) is 0 Å². The lowest BCUT2D eigenvalue weighted by molar-refractivity contribution is -0.113. The minimum Gasteiger partial charge on any atom is -0.310 e. The summed E-state index contributed by atoms with van der Waals surface area (Å²) in [5.74, 6) is -0.170. The zero-order valence-corrected chi connectivity index (χ0v) is 25.7. The Hall–Kier alpha value is -4.24. The van der Waals surface area contributed by atoms with Gasteiger partial charge in [-0.25, -0.2) is 14.5 Å². The van der Waals surface area contributed by atoms with E-state index in [9.17, 15) is 14.6 Å². The van der Waals surface area contributed by atoms with Crippen LogP contribution in [0.5, 0.6) is 0 Å². The van der Waals surface area contributed by atoms with Gasteiger partial charge in [0.05, 0.1) is 25.1 Å². The number of phosphoric ester groups is 1. The summed E-state index contributed by atoms with van der Waals surface area (Å²) in [4.78, 5) is 29.4. The van der Waals surface area contributed by atoms with Crippen LogP contribution in [0.1, 0.15) is 19.5 Å². The number of amides is 1. The summed E-state index contributed by atoms with van der Waals surface area (Å²) in [5.41, 5.74) is 4.46. The van der Waals surface area contributed by atoms with Crippen LogP contribution in [0.3, 0.4) is 0 Å². The van der Waals surface area contributed by atoms with Crippen LogP contribution in [0, 0.1) is 11.3 Å². The van der Waals surface area contributed by atoms with E-state index in [2.05, 4.69) is 16.0 Å². The van der Waals surface area contributed by atoms with Crippen molar-refractivity contribution in [3.63, 3.8) is 0 Å². The summed E-state index contributed by atoms with van der Waals surface area (Å²) in [7, 11) is 1.78. The summed E-state index contributed by atoms with van der Waals surface area (Å²) < 4.78 is 30.8. The first-order chi connectivity index (χ1) is 20.7. The normalized spacial score (nSPS) is 11.8. The van der Waals surface area contributed by atoms with Gasteiger partial charge in [-0.05, 0) is 57.8 Å². The lowest BCUT2D eigenvalue weighted by atomic mass is 10.0. The summed E-state index contributed by atoms with van der Waals surface area (Å²) in [6, 6.07) is 9.37. The predicted molar refractivity (Wildman–Crippen MR) is 164 cm³/mol. The molecule has 4 heterocycles. The number of nitriles is 1. The molecular formula is C30H34N7O5P. The third kappa shape index (κ3) is 7.78. The number of anilines is 1. The van der Waals surface area contributed by atoms with E-state index in [1.807, 2.05) is 37.2 Å². The van der Waals surface area contributed by atoms with Crippen LogP contribution >= 0.6 is 7.82 Å². The molecule has 0 unspecified atom stereocenters. The molecule has 0 atom stereocenters. The number of hydrogen-bond acceptors (Lipinski definition) is 10. The van der Waals surface area contributed by atoms with E-state index >= 15 is 0 Å². The highest BCUT2D eigenvalue weighted by Crippen LogP contribution is 2.49. The van der Waals surface area contributed by atoms with Gasteiger partial charge in [-0.3, -0.25) is 23.3 Å². The fourth-order valence-corrected chi connectivity index (χ4v) is 5.37. The fraction of sp³-hybridized carbons (Fsp3) is 0.300. The van der Waals surface area contributed by atoms with Crippen molar-refractivity contribution < 1.29 is 22.9 Å². The van der Waals surface area contributed by atoms with Crippen molar-refractivity contribution in [3.8, 4) is 28.3 Å². The van der Waals surface area contributed by atoms with Gasteiger partial charge in [0.1, 0.15) is 24.1 Å². The van der Waals surface area contributed by atoms with Crippen molar-refractivity contribution >= 4 is 30.5 Å². The second-order valence-electron chi connectivity index (χ2n) is 9.68. The largest absolute Gasteiger partial charge is 0.476 e. The van der Waals surface area contributed by atoms with Crippen LogP contribution in [-0.2, 0) is 29.7 Å². The Bertz CT molecular complexity index is 1700. The third-order valence-corrected chi connectivity index (χ3v) is 7.92. The number of fused-ring (bicyclic) bond motifs is 1. The average molecular weight is 604 g/mol. The van der Waals surface area contributed by atoms with Crippen LogP contribution in [0.4, 0.5) is 5.69 Å². The molecule has 1 amide bonds. The Morgan fingerprint density at radius 2 is 1.77 bits per heavy atom. The second kappa shape index (κ2) is 14.3. The molecule has 0 aliphatic carbocycles. The monoisotopic (exact) mass is 603 g/mol. The molecule has 0 aliphatic rings. The third-order valence-electron chi connectivity index (χ3n) is 6.33. The van der Waals surface area contributed by atoms with Crippen molar-refractivity contribution in [2.24, 2.45) is 0 Å². The minimum absolute atomic E-state index is 0.151. The summed E-state index contributed by atoms with van der Waals surface area (Å²) in [5, 5.41) is 10.2. The summed E-state index contributed by atoms with van der Waals surface area (Å²) >= 11 is 0. The van der Waals surface area contributed by atoms with E-state index in [0.29, 0.717) is 17.9 Å². The van der Waals surface area contributed by atoms with Crippen molar-refractivity contribution in [3.05, 3.63) is 73.1 Å². The molecule has 224 valence electrons. The Morgan fingerprint density at radius 3 is 2.47 bits per heavy atom. The molecule has 4 aromatic heterocycles. The molecule has 0 aliphatic heterocycles. The maximum Gasteiger partial charge on any atom is 0.476 e. The minimum atomic E-state index is -3.78. The number of nitrogens with zero attached hydrogens (tertiary/aromatic N) is 7. The van der Waals surface area contributed by atoms with Crippen LogP contribution in [0.15, 0.2) is 67.4 Å². The number of pyridine rings is 3. The number of phosphoric acid groups is 1. The van der Waals surface area contributed by atoms with Gasteiger partial charge < -0.3 is 14.4 Å². The zero-order chi connectivity index (χ0) is 31.0. The van der Waals surface area contributed by atoms with Gasteiger partial charge in [0, 0.05) is 66.5 Å². The lowest BCUT2D eigenvalue weighted by Gasteiger charge is -2.17. The fourth-order valence-electron chi connectivity index (χ4n) is 4.25. The van der Waals surface area contributed by atoms with Crippen molar-refractivity contribution in [1.82, 2.24) is 24.4 Å². The summed E-state index contributed by atoms with van der Waals surface area (Å²) in [6.07, 6.45) is 11.7. The molecule has 0 saturated carbocycles. The number of carbonyl (C=O) groups excluding carboxylic acids is 1. The van der Waals surface area contributed by atoms with E-state index in [-0.39, 0.29) is 31.5 Å². The Kier molecular flexibility index (Phi) is 10.5. The standard InChI is InChI=1S/C30H34N7O5P/c1-6-40-43(39,41-7-2)42-21-37-20-28(22-10-11-33-25(13-22)16-31)27-15-24(18-34-30(27)37)23-14-26(19-32-17-23)36(5)29(38)9-8-12-35(3)4/h8-11,13-15,17-20H,6-7,12,21H2,1-5H3/b9-8+. The Balaban J connectivity index is 1.74. The highest BCUT2D eigenvalue weighted by Gasteiger charge is 2.26. The van der Waals surface area contributed by atoms with Gasteiger partial charge in [0.25, 0.3) is 0 Å². The van der Waals surface area contributed by atoms with Crippen LogP contribution in [0.25, 0.3) is 33.3 Å². The first kappa shape index (κ1) is 31.7. The van der Waals surface area contributed by atoms with E-state index in [1.54, 1.807) is 68.6 Å². The van der Waals surface area contributed by atoms with Crippen LogP contribution in [0.2, 0.25) is 0 Å². The van der Waals surface area contributed by atoms with Crippen molar-refractivity contribution in [1.29, 1.82) is 5.26 Å². The first-order valence-electron chi connectivity index (χ1n) is 13.6. The molecule has 0 aromatic carbocycles. The molecule has 0 N–H and O–H groups in total. The second-order valence-corrected chi connectivity index (χ2v) is 11.4. The Morgan fingerprint density at radius 1 is 1.02 bits per heavy atom. The smallest absolute Gasteiger partial charge is 0.310 e. The molecular weight excluding hydrogens is 569 g/mol. The SMILES string of the molecule is CCOP(=O)(OCC)OCn1cc(-c2ccnc(C#N)c2)c2cc(-c3cncc(N(C)C(=O)/C=C/CN(C)C)c3)cnc21. The molecule has 4 rings (SSSR count). The summed E-state index contributed by atoms with van der Waals surface area (Å²) in [6.45, 7) is 4.23. The topological polar surface area (TPSA) is 136 Å². The molecule has 0 radical (unpaired) electrons. The highest BCUT2D eigenvalue weighted by molar-refractivity contribution is 7.48. The number of rotatable bonds is 13. The lowest BCUT2D eigenvalue weighted by Crippen LogP contribution is -2.24. The van der Waals surface area contributed by atoms with E-state index in [4.69, 9.17) is 18.6 Å². The van der Waals surface area contributed by atoms with Crippen molar-refractivity contribution in [2.45, 2.75) is 20.6 Å². The van der Waals surface area contributed by atoms with Gasteiger partial charge in [0.15, 0.2) is 0 Å². The van der Waals surface area contributed by atoms with Crippen molar-refractivity contribution in [2.75, 3.05) is 45.8 Å². The molecule has 0 spiro atoms.